The first-order valence-electron chi connectivity index (χ1n) is 9.18. The summed E-state index contributed by atoms with van der Waals surface area (Å²) >= 11 is 1.93. The van der Waals surface area contributed by atoms with E-state index in [9.17, 15) is 13.6 Å². The third kappa shape index (κ3) is 3.02. The summed E-state index contributed by atoms with van der Waals surface area (Å²) in [5, 5.41) is 0.539. The molecule has 1 aromatic heterocycles. The van der Waals surface area contributed by atoms with E-state index in [1.807, 2.05) is 16.7 Å². The lowest BCUT2D eigenvalue weighted by atomic mass is 10.1. The van der Waals surface area contributed by atoms with Crippen LogP contribution in [0.15, 0.2) is 12.1 Å². The van der Waals surface area contributed by atoms with E-state index in [0.717, 1.165) is 31.6 Å². The molecule has 1 amide bonds. The number of hydrogen-bond donors (Lipinski definition) is 0. The van der Waals surface area contributed by atoms with Crippen molar-refractivity contribution in [2.75, 3.05) is 36.9 Å². The topological polar surface area (TPSA) is 45.7 Å². The number of amides is 1. The molecule has 0 spiro atoms. The van der Waals surface area contributed by atoms with Crippen LogP contribution in [0.3, 0.4) is 0 Å². The van der Waals surface area contributed by atoms with Gasteiger partial charge in [0.2, 0.25) is 5.88 Å². The highest BCUT2D eigenvalue weighted by molar-refractivity contribution is 8.00. The van der Waals surface area contributed by atoms with E-state index < -0.39 is 5.92 Å². The third-order valence-electron chi connectivity index (χ3n) is 5.56. The fourth-order valence-corrected chi connectivity index (χ4v) is 5.29. The summed E-state index contributed by atoms with van der Waals surface area (Å²) in [7, 11) is 0. The van der Waals surface area contributed by atoms with Crippen molar-refractivity contribution in [2.24, 2.45) is 5.92 Å². The molecule has 140 valence electrons. The van der Waals surface area contributed by atoms with Crippen LogP contribution in [0.5, 0.6) is 5.88 Å². The Morgan fingerprint density at radius 2 is 2.15 bits per heavy atom. The van der Waals surface area contributed by atoms with Gasteiger partial charge in [-0.2, -0.15) is 11.8 Å². The maximum atomic E-state index is 13.3. The Bertz CT molecular complexity index is 735. The van der Waals surface area contributed by atoms with Crippen LogP contribution in [0.4, 0.5) is 14.5 Å². The van der Waals surface area contributed by atoms with Crippen molar-refractivity contribution < 1.29 is 18.3 Å². The number of pyridine rings is 1. The number of anilines is 1. The van der Waals surface area contributed by atoms with Crippen LogP contribution in [-0.4, -0.2) is 65.0 Å². The Morgan fingerprint density at radius 3 is 2.77 bits per heavy atom. The highest BCUT2D eigenvalue weighted by Gasteiger charge is 2.45. The monoisotopic (exact) mass is 381 g/mol. The van der Waals surface area contributed by atoms with Crippen molar-refractivity contribution in [3.8, 4) is 5.88 Å². The quantitative estimate of drug-likeness (QED) is 0.785. The molecule has 1 unspecified atom stereocenters. The fraction of sp³-hybridized carbons (Fsp3) is 0.667. The first-order chi connectivity index (χ1) is 12.5. The summed E-state index contributed by atoms with van der Waals surface area (Å²) in [6, 6.07) is 3.65. The lowest BCUT2D eigenvalue weighted by molar-refractivity contribution is -0.0265. The van der Waals surface area contributed by atoms with Gasteiger partial charge in [0.25, 0.3) is 11.8 Å². The van der Waals surface area contributed by atoms with Crippen molar-refractivity contribution in [3.05, 3.63) is 17.8 Å². The third-order valence-corrected chi connectivity index (χ3v) is 6.95. The summed E-state index contributed by atoms with van der Waals surface area (Å²) < 4.78 is 32.4. The minimum Gasteiger partial charge on any atom is -0.476 e. The number of aromatic nitrogens is 1. The van der Waals surface area contributed by atoms with Gasteiger partial charge >= 0.3 is 0 Å². The molecular weight excluding hydrogens is 360 g/mol. The van der Waals surface area contributed by atoms with Gasteiger partial charge in [-0.3, -0.25) is 4.79 Å². The number of ether oxygens (including phenoxy) is 1. The van der Waals surface area contributed by atoms with Crippen LogP contribution in [0.1, 0.15) is 29.8 Å². The van der Waals surface area contributed by atoms with Gasteiger partial charge in [-0.1, -0.05) is 0 Å². The molecule has 1 aliphatic carbocycles. The molecule has 0 N–H and O–H groups in total. The highest BCUT2D eigenvalue weighted by atomic mass is 32.2. The van der Waals surface area contributed by atoms with Crippen LogP contribution in [0, 0.1) is 5.92 Å². The number of likely N-dealkylation sites (tertiary alicyclic amines) is 1. The number of thioether (sulfide) groups is 1. The Morgan fingerprint density at radius 1 is 1.35 bits per heavy atom. The van der Waals surface area contributed by atoms with E-state index in [1.165, 1.54) is 0 Å². The molecule has 0 aromatic carbocycles. The van der Waals surface area contributed by atoms with Crippen molar-refractivity contribution in [1.29, 1.82) is 0 Å². The van der Waals surface area contributed by atoms with Gasteiger partial charge in [-0.05, 0) is 37.3 Å². The number of hydrogen-bond acceptors (Lipinski definition) is 5. The number of rotatable bonds is 5. The molecule has 2 atom stereocenters. The Balaban J connectivity index is 1.37. The second kappa shape index (κ2) is 5.97. The molecule has 3 aliphatic heterocycles. The van der Waals surface area contributed by atoms with Gasteiger partial charge in [0.15, 0.2) is 0 Å². The molecule has 1 saturated carbocycles. The minimum absolute atomic E-state index is 0.0745. The summed E-state index contributed by atoms with van der Waals surface area (Å²) in [5.74, 6) is -0.906. The highest BCUT2D eigenvalue weighted by Crippen LogP contribution is 2.40. The standard InChI is InChI=1S/C18H21F2N3O2S/c19-18(20)9-22(10-18)15-4-3-14(21-16(15)25-7-11-1-2-11)17(24)23-6-13-5-12(23)8-26-13/h3-4,11-13H,1-2,5-10H2/t12-,13?/m0/s1. The summed E-state index contributed by atoms with van der Waals surface area (Å²) in [4.78, 5) is 20.8. The largest absolute Gasteiger partial charge is 0.476 e. The van der Waals surface area contributed by atoms with Crippen molar-refractivity contribution in [2.45, 2.75) is 36.5 Å². The van der Waals surface area contributed by atoms with E-state index in [1.54, 1.807) is 17.0 Å². The van der Waals surface area contributed by atoms with Gasteiger partial charge in [0, 0.05) is 23.6 Å². The zero-order chi connectivity index (χ0) is 17.9. The first-order valence-corrected chi connectivity index (χ1v) is 10.2. The van der Waals surface area contributed by atoms with Gasteiger partial charge in [-0.25, -0.2) is 13.8 Å². The molecule has 1 aromatic rings. The number of carbonyl (C=O) groups excluding carboxylic acids is 1. The maximum absolute atomic E-state index is 13.3. The van der Waals surface area contributed by atoms with Crippen LogP contribution in [0.25, 0.3) is 0 Å². The lowest BCUT2D eigenvalue weighted by Gasteiger charge is -2.40. The zero-order valence-electron chi connectivity index (χ0n) is 14.4. The van der Waals surface area contributed by atoms with E-state index >= 15 is 0 Å². The Hall–Kier alpha value is -1.57. The van der Waals surface area contributed by atoms with E-state index in [-0.39, 0.29) is 19.0 Å². The molecule has 2 bridgehead atoms. The number of carbonyl (C=O) groups is 1. The molecule has 8 heteroatoms. The normalized spacial score (nSPS) is 29.0. The summed E-state index contributed by atoms with van der Waals surface area (Å²) in [6.07, 6.45) is 3.32. The zero-order valence-corrected chi connectivity index (χ0v) is 15.2. The van der Waals surface area contributed by atoms with E-state index in [4.69, 9.17) is 4.74 Å². The predicted octanol–water partition coefficient (Wildman–Crippen LogP) is 2.66. The molecule has 4 fully saturated rings. The molecule has 0 radical (unpaired) electrons. The number of alkyl halides is 2. The average molecular weight is 381 g/mol. The first kappa shape index (κ1) is 16.6. The van der Waals surface area contributed by atoms with Crippen molar-refractivity contribution >= 4 is 23.4 Å². The molecule has 3 saturated heterocycles. The Kier molecular flexibility index (Phi) is 3.81. The van der Waals surface area contributed by atoms with Crippen molar-refractivity contribution in [1.82, 2.24) is 9.88 Å². The Labute approximate surface area is 155 Å². The van der Waals surface area contributed by atoms with Crippen molar-refractivity contribution in [3.63, 3.8) is 0 Å². The van der Waals surface area contributed by atoms with Gasteiger partial charge in [-0.15, -0.1) is 0 Å². The molecule has 5 nitrogen and oxygen atoms in total. The molecule has 26 heavy (non-hydrogen) atoms. The van der Waals surface area contributed by atoms with Crippen LogP contribution in [0.2, 0.25) is 0 Å². The van der Waals surface area contributed by atoms with Crippen LogP contribution >= 0.6 is 11.8 Å². The van der Waals surface area contributed by atoms with Crippen LogP contribution in [-0.2, 0) is 0 Å². The summed E-state index contributed by atoms with van der Waals surface area (Å²) in [5.41, 5.74) is 0.913. The SMILES string of the molecule is O=C(c1ccc(N2CC(F)(F)C2)c(OCC2CC2)n1)N1CC2C[C@H]1CS2. The van der Waals surface area contributed by atoms with Gasteiger partial charge < -0.3 is 14.5 Å². The maximum Gasteiger partial charge on any atom is 0.282 e. The van der Waals surface area contributed by atoms with Crippen LogP contribution < -0.4 is 9.64 Å². The molecular formula is C18H21F2N3O2S. The van der Waals surface area contributed by atoms with E-state index in [2.05, 4.69) is 4.98 Å². The number of halogens is 2. The number of fused-ring (bicyclic) bond motifs is 2. The second-order valence-electron chi connectivity index (χ2n) is 7.79. The van der Waals surface area contributed by atoms with E-state index in [0.29, 0.717) is 41.1 Å². The fourth-order valence-electron chi connectivity index (χ4n) is 3.86. The lowest BCUT2D eigenvalue weighted by Crippen LogP contribution is -2.56. The second-order valence-corrected chi connectivity index (χ2v) is 9.12. The number of nitrogens with zero attached hydrogens (tertiary/aromatic N) is 3. The predicted molar refractivity (Wildman–Crippen MR) is 95.3 cm³/mol. The molecule has 5 rings (SSSR count). The molecule has 4 heterocycles. The van der Waals surface area contributed by atoms with Gasteiger partial charge in [0.05, 0.1) is 19.7 Å². The minimum atomic E-state index is -2.66. The summed E-state index contributed by atoms with van der Waals surface area (Å²) in [6.45, 7) is 0.658. The molecule has 4 aliphatic rings. The smallest absolute Gasteiger partial charge is 0.282 e. The average Bonchev–Trinajstić information content (AvgIpc) is 3.19. The van der Waals surface area contributed by atoms with Gasteiger partial charge in [0.1, 0.15) is 11.4 Å².